The van der Waals surface area contributed by atoms with Gasteiger partial charge in [-0.2, -0.15) is 0 Å². The van der Waals surface area contributed by atoms with E-state index >= 15 is 0 Å². The molecule has 2 aliphatic heterocycles. The lowest BCUT2D eigenvalue weighted by Crippen LogP contribution is -2.33. The fourth-order valence-electron chi connectivity index (χ4n) is 3.00. The molecule has 2 fully saturated rings. The zero-order chi connectivity index (χ0) is 16.8. The SMILES string of the molecule is O=C1[C@@H]2CS[C@@H](c3ccc(Cl)cc3)N2C(=O)N1c1ccc(F)cc1. The van der Waals surface area contributed by atoms with Gasteiger partial charge in [0, 0.05) is 10.8 Å². The van der Waals surface area contributed by atoms with Gasteiger partial charge in [-0.1, -0.05) is 23.7 Å². The predicted molar refractivity (Wildman–Crippen MR) is 91.6 cm³/mol. The van der Waals surface area contributed by atoms with Crippen molar-refractivity contribution in [3.63, 3.8) is 0 Å². The number of hydrogen-bond acceptors (Lipinski definition) is 3. The lowest BCUT2D eigenvalue weighted by molar-refractivity contribution is -0.119. The van der Waals surface area contributed by atoms with Crippen LogP contribution in [0.4, 0.5) is 14.9 Å². The number of fused-ring (bicyclic) bond motifs is 1. The van der Waals surface area contributed by atoms with Crippen molar-refractivity contribution in [3.8, 4) is 0 Å². The van der Waals surface area contributed by atoms with Crippen molar-refractivity contribution in [2.75, 3.05) is 10.7 Å². The molecule has 2 aliphatic rings. The van der Waals surface area contributed by atoms with E-state index in [1.165, 1.54) is 24.3 Å². The van der Waals surface area contributed by atoms with Crippen LogP contribution in [0.15, 0.2) is 48.5 Å². The van der Waals surface area contributed by atoms with Gasteiger partial charge in [0.1, 0.15) is 17.2 Å². The van der Waals surface area contributed by atoms with Crippen molar-refractivity contribution >= 4 is 41.0 Å². The van der Waals surface area contributed by atoms with Crippen LogP contribution < -0.4 is 4.90 Å². The Hall–Kier alpha value is -2.05. The van der Waals surface area contributed by atoms with Gasteiger partial charge in [0.05, 0.1) is 5.69 Å². The second kappa shape index (κ2) is 5.79. The lowest BCUT2D eigenvalue weighted by atomic mass is 10.2. The van der Waals surface area contributed by atoms with Crippen LogP contribution >= 0.6 is 23.4 Å². The summed E-state index contributed by atoms with van der Waals surface area (Å²) in [7, 11) is 0. The fourth-order valence-corrected chi connectivity index (χ4v) is 4.54. The summed E-state index contributed by atoms with van der Waals surface area (Å²) in [4.78, 5) is 28.2. The van der Waals surface area contributed by atoms with Crippen molar-refractivity contribution in [2.45, 2.75) is 11.4 Å². The number of urea groups is 1. The van der Waals surface area contributed by atoms with E-state index in [-0.39, 0.29) is 17.3 Å². The van der Waals surface area contributed by atoms with Crippen molar-refractivity contribution in [2.24, 2.45) is 0 Å². The number of halogens is 2. The Labute approximate surface area is 147 Å². The van der Waals surface area contributed by atoms with Gasteiger partial charge in [0.15, 0.2) is 0 Å². The Kier molecular flexibility index (Phi) is 3.73. The third-order valence-electron chi connectivity index (χ3n) is 4.16. The summed E-state index contributed by atoms with van der Waals surface area (Å²) < 4.78 is 13.1. The monoisotopic (exact) mass is 362 g/mol. The molecule has 0 N–H and O–H groups in total. The molecule has 24 heavy (non-hydrogen) atoms. The van der Waals surface area contributed by atoms with Crippen LogP contribution in [0.25, 0.3) is 0 Å². The summed E-state index contributed by atoms with van der Waals surface area (Å²) in [5.74, 6) is -0.140. The van der Waals surface area contributed by atoms with Crippen molar-refractivity contribution in [1.82, 2.24) is 4.90 Å². The summed E-state index contributed by atoms with van der Waals surface area (Å²) >= 11 is 7.47. The molecule has 0 bridgehead atoms. The standard InChI is InChI=1S/C17H12ClFN2O2S/c18-11-3-1-10(2-4-11)16-21-14(9-24-16)15(22)20(17(21)23)13-7-5-12(19)6-8-13/h1-8,14,16H,9H2/t14-,16-/m0/s1. The third-order valence-corrected chi connectivity index (χ3v) is 5.73. The molecule has 3 amide bonds. The molecule has 4 rings (SSSR count). The summed E-state index contributed by atoms with van der Waals surface area (Å²) in [6.45, 7) is 0. The topological polar surface area (TPSA) is 40.6 Å². The van der Waals surface area contributed by atoms with Gasteiger partial charge < -0.3 is 0 Å². The first-order valence-corrected chi connectivity index (χ1v) is 8.78. The predicted octanol–water partition coefficient (Wildman–Crippen LogP) is 4.06. The maximum atomic E-state index is 13.1. The second-order valence-electron chi connectivity index (χ2n) is 5.59. The number of amides is 3. The molecule has 2 saturated heterocycles. The first-order chi connectivity index (χ1) is 11.6. The van der Waals surface area contributed by atoms with Crippen LogP contribution in [-0.4, -0.2) is 28.6 Å². The molecular weight excluding hydrogens is 351 g/mol. The number of anilines is 1. The van der Waals surface area contributed by atoms with Gasteiger partial charge >= 0.3 is 6.03 Å². The van der Waals surface area contributed by atoms with E-state index in [9.17, 15) is 14.0 Å². The van der Waals surface area contributed by atoms with E-state index in [2.05, 4.69) is 0 Å². The molecule has 0 aliphatic carbocycles. The van der Waals surface area contributed by atoms with Gasteiger partial charge in [-0.05, 0) is 42.0 Å². The fraction of sp³-hybridized carbons (Fsp3) is 0.176. The molecule has 2 aromatic carbocycles. The van der Waals surface area contributed by atoms with E-state index in [0.29, 0.717) is 16.5 Å². The van der Waals surface area contributed by atoms with Gasteiger partial charge in [-0.3, -0.25) is 9.69 Å². The van der Waals surface area contributed by atoms with Gasteiger partial charge in [-0.15, -0.1) is 11.8 Å². The smallest absolute Gasteiger partial charge is 0.295 e. The summed E-state index contributed by atoms with van der Waals surface area (Å²) in [6, 6.07) is 11.8. The molecule has 0 saturated carbocycles. The van der Waals surface area contributed by atoms with E-state index in [1.807, 2.05) is 12.1 Å². The number of nitrogens with zero attached hydrogens (tertiary/aromatic N) is 2. The van der Waals surface area contributed by atoms with Gasteiger partial charge in [-0.25, -0.2) is 14.1 Å². The van der Waals surface area contributed by atoms with Crippen molar-refractivity contribution < 1.29 is 14.0 Å². The van der Waals surface area contributed by atoms with E-state index in [1.54, 1.807) is 28.8 Å². The Morgan fingerprint density at radius 3 is 2.38 bits per heavy atom. The number of imide groups is 1. The number of benzene rings is 2. The van der Waals surface area contributed by atoms with E-state index < -0.39 is 11.9 Å². The average molecular weight is 363 g/mol. The molecule has 7 heteroatoms. The first kappa shape index (κ1) is 15.5. The van der Waals surface area contributed by atoms with E-state index in [0.717, 1.165) is 10.5 Å². The van der Waals surface area contributed by atoms with Crippen LogP contribution in [0.2, 0.25) is 5.02 Å². The van der Waals surface area contributed by atoms with Crippen LogP contribution in [0.5, 0.6) is 0 Å². The van der Waals surface area contributed by atoms with E-state index in [4.69, 9.17) is 11.6 Å². The number of carbonyl (C=O) groups is 2. The van der Waals surface area contributed by atoms with Crippen molar-refractivity contribution in [3.05, 3.63) is 64.9 Å². The molecule has 4 nitrogen and oxygen atoms in total. The zero-order valence-corrected chi connectivity index (χ0v) is 13.9. The highest BCUT2D eigenvalue weighted by Gasteiger charge is 2.53. The van der Waals surface area contributed by atoms with Crippen LogP contribution in [0.1, 0.15) is 10.9 Å². The molecule has 2 aromatic rings. The Morgan fingerprint density at radius 2 is 1.71 bits per heavy atom. The largest absolute Gasteiger partial charge is 0.333 e. The molecule has 2 atom stereocenters. The minimum absolute atomic E-state index is 0.228. The Morgan fingerprint density at radius 1 is 1.04 bits per heavy atom. The quantitative estimate of drug-likeness (QED) is 0.756. The maximum absolute atomic E-state index is 13.1. The number of rotatable bonds is 2. The third kappa shape index (κ3) is 2.37. The lowest BCUT2D eigenvalue weighted by Gasteiger charge is -2.23. The number of thioether (sulfide) groups is 1. The minimum Gasteiger partial charge on any atom is -0.295 e. The first-order valence-electron chi connectivity index (χ1n) is 7.35. The Balaban J connectivity index is 1.67. The number of carbonyl (C=O) groups excluding carboxylic acids is 2. The van der Waals surface area contributed by atoms with Crippen LogP contribution in [0, 0.1) is 5.82 Å². The maximum Gasteiger partial charge on any atom is 0.333 e. The van der Waals surface area contributed by atoms with Gasteiger partial charge in [0.2, 0.25) is 0 Å². The molecule has 0 spiro atoms. The molecule has 0 radical (unpaired) electrons. The molecule has 122 valence electrons. The van der Waals surface area contributed by atoms with Crippen LogP contribution in [0.3, 0.4) is 0 Å². The number of hydrogen-bond donors (Lipinski definition) is 0. The highest BCUT2D eigenvalue weighted by molar-refractivity contribution is 7.99. The van der Waals surface area contributed by atoms with Gasteiger partial charge in [0.25, 0.3) is 5.91 Å². The Bertz CT molecular complexity index is 812. The average Bonchev–Trinajstić information content (AvgIpc) is 3.11. The molecule has 2 heterocycles. The van der Waals surface area contributed by atoms with Crippen LogP contribution in [-0.2, 0) is 4.79 Å². The minimum atomic E-state index is -0.492. The summed E-state index contributed by atoms with van der Waals surface area (Å²) in [5.41, 5.74) is 1.31. The second-order valence-corrected chi connectivity index (χ2v) is 7.14. The van der Waals surface area contributed by atoms with Crippen molar-refractivity contribution in [1.29, 1.82) is 0 Å². The normalized spacial score (nSPS) is 23.1. The molecule has 0 unspecified atom stereocenters. The summed E-state index contributed by atoms with van der Waals surface area (Å²) in [6.07, 6.45) is 0. The molecular formula is C17H12ClFN2O2S. The summed E-state index contributed by atoms with van der Waals surface area (Å²) in [5, 5.41) is 0.393. The highest BCUT2D eigenvalue weighted by Crippen LogP contribution is 2.46. The highest BCUT2D eigenvalue weighted by atomic mass is 35.5. The zero-order valence-electron chi connectivity index (χ0n) is 12.4. The molecule has 0 aromatic heterocycles.